The molecule has 0 aromatic heterocycles. The fraction of sp³-hybridized carbons (Fsp3) is 0.556. The zero-order chi connectivity index (χ0) is 13.6. The summed E-state index contributed by atoms with van der Waals surface area (Å²) in [5.41, 5.74) is 0. The number of carboxylic acids is 4. The van der Waals surface area contributed by atoms with Crippen molar-refractivity contribution in [3.63, 3.8) is 0 Å². The SMILES string of the molecule is O=C([O-])C[C@@H](CC(CC(=O)O)C(=O)O)C(=O)[O-].[H-].[H-].[K+].[K+].[K+].[K+]. The van der Waals surface area contributed by atoms with Gasteiger partial charge >= 0.3 is 217 Å². The van der Waals surface area contributed by atoms with E-state index in [9.17, 15) is 29.4 Å². The van der Waals surface area contributed by atoms with Crippen molar-refractivity contribution < 1.29 is 248 Å². The molecular formula is C9H12K4O8. The van der Waals surface area contributed by atoms with Gasteiger partial charge in [0.1, 0.15) is 0 Å². The number of hydrogen-bond acceptors (Lipinski definition) is 6. The van der Waals surface area contributed by atoms with Gasteiger partial charge in [0.05, 0.1) is 12.3 Å². The van der Waals surface area contributed by atoms with E-state index in [4.69, 9.17) is 10.2 Å². The number of carbonyl (C=O) groups excluding carboxylic acids is 2. The van der Waals surface area contributed by atoms with Crippen LogP contribution in [-0.4, -0.2) is 34.1 Å². The molecule has 0 saturated heterocycles. The number of rotatable bonds is 8. The first-order valence-electron chi connectivity index (χ1n) is 4.59. The molecule has 0 aromatic carbocycles. The predicted molar refractivity (Wildman–Crippen MR) is 48.3 cm³/mol. The van der Waals surface area contributed by atoms with Crippen LogP contribution >= 0.6 is 0 Å². The Labute approximate surface area is 294 Å². The molecule has 0 bridgehead atoms. The second kappa shape index (κ2) is 20.7. The van der Waals surface area contributed by atoms with Crippen LogP contribution in [0, 0.1) is 11.8 Å². The van der Waals surface area contributed by atoms with Crippen molar-refractivity contribution >= 4 is 23.9 Å². The number of carboxylic acid groups (broad SMARTS) is 4. The number of aliphatic carboxylic acids is 4. The Morgan fingerprint density at radius 3 is 1.52 bits per heavy atom. The summed E-state index contributed by atoms with van der Waals surface area (Å²) in [5, 5.41) is 37.8. The second-order valence-corrected chi connectivity index (χ2v) is 3.46. The van der Waals surface area contributed by atoms with Gasteiger partial charge < -0.3 is 32.9 Å². The minimum Gasteiger partial charge on any atom is -1.00 e. The maximum atomic E-state index is 10.6. The van der Waals surface area contributed by atoms with Crippen LogP contribution < -0.4 is 216 Å². The molecule has 2 atom stereocenters. The molecule has 0 fully saturated rings. The molecule has 0 aromatic rings. The van der Waals surface area contributed by atoms with E-state index in [2.05, 4.69) is 0 Å². The largest absolute Gasteiger partial charge is 1.00 e. The molecule has 0 radical (unpaired) electrons. The fourth-order valence-electron chi connectivity index (χ4n) is 1.29. The normalized spacial score (nSPS) is 11.0. The number of carbonyl (C=O) groups is 4. The van der Waals surface area contributed by atoms with Gasteiger partial charge in [-0.1, -0.05) is 0 Å². The van der Waals surface area contributed by atoms with Crippen molar-refractivity contribution in [3.05, 3.63) is 0 Å². The van der Waals surface area contributed by atoms with Gasteiger partial charge in [-0.2, -0.15) is 0 Å². The van der Waals surface area contributed by atoms with Crippen LogP contribution in [0.25, 0.3) is 0 Å². The summed E-state index contributed by atoms with van der Waals surface area (Å²) < 4.78 is 0. The molecule has 0 rings (SSSR count). The first kappa shape index (κ1) is 36.4. The van der Waals surface area contributed by atoms with Crippen molar-refractivity contribution in [2.75, 3.05) is 0 Å². The quantitative estimate of drug-likeness (QED) is 0.378. The molecule has 100 valence electrons. The molecule has 1 unspecified atom stereocenters. The van der Waals surface area contributed by atoms with Gasteiger partial charge in [-0.25, -0.2) is 0 Å². The van der Waals surface area contributed by atoms with Crippen molar-refractivity contribution in [2.24, 2.45) is 11.8 Å². The summed E-state index contributed by atoms with van der Waals surface area (Å²) >= 11 is 0. The Morgan fingerprint density at radius 1 is 0.857 bits per heavy atom. The second-order valence-electron chi connectivity index (χ2n) is 3.46. The van der Waals surface area contributed by atoms with Crippen LogP contribution in [0.5, 0.6) is 0 Å². The molecule has 0 saturated carbocycles. The van der Waals surface area contributed by atoms with E-state index < -0.39 is 55.0 Å². The van der Waals surface area contributed by atoms with Gasteiger partial charge in [-0.15, -0.1) is 0 Å². The third-order valence-corrected chi connectivity index (χ3v) is 2.09. The van der Waals surface area contributed by atoms with Crippen molar-refractivity contribution in [1.82, 2.24) is 0 Å². The first-order chi connectivity index (χ1) is 7.73. The molecule has 0 heterocycles. The molecular weight excluding hydrogens is 392 g/mol. The summed E-state index contributed by atoms with van der Waals surface area (Å²) in [7, 11) is 0. The van der Waals surface area contributed by atoms with Crippen molar-refractivity contribution in [2.45, 2.75) is 19.3 Å². The zero-order valence-electron chi connectivity index (χ0n) is 14.6. The van der Waals surface area contributed by atoms with Gasteiger partial charge in [0.15, 0.2) is 0 Å². The predicted octanol–water partition coefficient (Wildman–Crippen LogP) is -14.7. The van der Waals surface area contributed by atoms with E-state index in [1.165, 1.54) is 0 Å². The summed E-state index contributed by atoms with van der Waals surface area (Å²) in [5.74, 6) is -9.39. The van der Waals surface area contributed by atoms with E-state index in [1.807, 2.05) is 0 Å². The average Bonchev–Trinajstić information content (AvgIpc) is 2.13. The maximum Gasteiger partial charge on any atom is 1.00 e. The average molecular weight is 405 g/mol. The minimum atomic E-state index is -1.74. The Kier molecular flexibility index (Phi) is 35.9. The topological polar surface area (TPSA) is 155 Å². The first-order valence-corrected chi connectivity index (χ1v) is 4.59. The van der Waals surface area contributed by atoms with Crippen LogP contribution in [0.4, 0.5) is 0 Å². The summed E-state index contributed by atoms with van der Waals surface area (Å²) in [6, 6.07) is 0. The summed E-state index contributed by atoms with van der Waals surface area (Å²) in [6.07, 6.45) is -2.32. The Balaban J connectivity index is -0.0000000853. The molecule has 0 aliphatic carbocycles. The van der Waals surface area contributed by atoms with E-state index in [0.29, 0.717) is 0 Å². The summed E-state index contributed by atoms with van der Waals surface area (Å²) in [4.78, 5) is 41.7. The number of hydrogen-bond donors (Lipinski definition) is 2. The van der Waals surface area contributed by atoms with Gasteiger partial charge in [0.2, 0.25) is 0 Å². The van der Waals surface area contributed by atoms with Gasteiger partial charge in [-0.3, -0.25) is 9.59 Å². The minimum absolute atomic E-state index is 0. The van der Waals surface area contributed by atoms with Crippen LogP contribution in [0.15, 0.2) is 0 Å². The zero-order valence-corrected chi connectivity index (χ0v) is 25.1. The van der Waals surface area contributed by atoms with E-state index in [0.717, 1.165) is 0 Å². The molecule has 0 amide bonds. The van der Waals surface area contributed by atoms with E-state index in [1.54, 1.807) is 0 Å². The van der Waals surface area contributed by atoms with Crippen molar-refractivity contribution in [3.8, 4) is 0 Å². The molecule has 0 aliphatic heterocycles. The van der Waals surface area contributed by atoms with Gasteiger partial charge in [0.25, 0.3) is 0 Å². The van der Waals surface area contributed by atoms with Crippen LogP contribution in [0.2, 0.25) is 0 Å². The van der Waals surface area contributed by atoms with Crippen LogP contribution in [0.3, 0.4) is 0 Å². The molecule has 0 spiro atoms. The smallest absolute Gasteiger partial charge is 1.00 e. The molecule has 2 N–H and O–H groups in total. The van der Waals surface area contributed by atoms with Crippen LogP contribution in [-0.2, 0) is 19.2 Å². The van der Waals surface area contributed by atoms with E-state index >= 15 is 0 Å². The third-order valence-electron chi connectivity index (χ3n) is 2.09. The Hall–Kier alpha value is 4.43. The van der Waals surface area contributed by atoms with Crippen LogP contribution in [0.1, 0.15) is 22.1 Å². The van der Waals surface area contributed by atoms with Crippen molar-refractivity contribution in [1.29, 1.82) is 0 Å². The monoisotopic (exact) mass is 404 g/mol. The molecule has 0 aliphatic rings. The molecule has 8 nitrogen and oxygen atoms in total. The maximum absolute atomic E-state index is 10.6. The Morgan fingerprint density at radius 2 is 1.29 bits per heavy atom. The Bertz CT molecular complexity index is 326. The standard InChI is InChI=1S/C9H12O8.4K.2H/c10-6(11)2-4(8(14)15)1-5(9(16)17)3-7(12)13;;;;;;/h4-5H,1-3H2,(H,10,11)(H,12,13)(H,14,15)(H,16,17);;;;;;/q;4*+1;2*-1/p-2/t4-,5?;;;;;;/m1....../s1. The van der Waals surface area contributed by atoms with Gasteiger partial charge in [-0.05, 0) is 12.8 Å². The molecule has 12 heteroatoms. The summed E-state index contributed by atoms with van der Waals surface area (Å²) in [6.45, 7) is 0. The van der Waals surface area contributed by atoms with Gasteiger partial charge in [0, 0.05) is 17.9 Å². The third kappa shape index (κ3) is 20.6. The van der Waals surface area contributed by atoms with E-state index in [-0.39, 0.29) is 208 Å². The molecule has 21 heavy (non-hydrogen) atoms. The fourth-order valence-corrected chi connectivity index (χ4v) is 1.29.